The molecule has 1 aliphatic carbocycles. The molecule has 0 aliphatic heterocycles. The van der Waals surface area contributed by atoms with Crippen LogP contribution in [0.25, 0.3) is 0 Å². The van der Waals surface area contributed by atoms with E-state index in [9.17, 15) is 5.11 Å². The van der Waals surface area contributed by atoms with Crippen molar-refractivity contribution in [2.75, 3.05) is 0 Å². The van der Waals surface area contributed by atoms with Crippen molar-refractivity contribution in [1.29, 1.82) is 0 Å². The maximum absolute atomic E-state index is 10.2. The normalized spacial score (nSPS) is 19.6. The van der Waals surface area contributed by atoms with E-state index in [4.69, 9.17) is 0 Å². The Labute approximate surface area is 106 Å². The molecule has 0 radical (unpaired) electrons. The Kier molecular flexibility index (Phi) is 4.42. The van der Waals surface area contributed by atoms with Crippen LogP contribution in [0.3, 0.4) is 0 Å². The lowest BCUT2D eigenvalue weighted by atomic mass is 9.83. The molecule has 1 aromatic rings. The molecule has 0 saturated heterocycles. The Morgan fingerprint density at radius 2 is 2.00 bits per heavy atom. The molecule has 2 rings (SSSR count). The van der Waals surface area contributed by atoms with Crippen LogP contribution in [0, 0.1) is 5.92 Å². The standard InChI is InChI=1S/C14H19BrO/c15-13-8-4-5-11(9-13)10-14(16)12-6-2-1-3-7-12/h4-5,8-9,12,14,16H,1-3,6-7,10H2. The number of halogens is 1. The van der Waals surface area contributed by atoms with Crippen LogP contribution in [0.15, 0.2) is 28.7 Å². The van der Waals surface area contributed by atoms with Gasteiger partial charge >= 0.3 is 0 Å². The first-order chi connectivity index (χ1) is 7.75. The zero-order valence-corrected chi connectivity index (χ0v) is 11.1. The molecule has 0 heterocycles. The predicted molar refractivity (Wildman–Crippen MR) is 70.4 cm³/mol. The number of aliphatic hydroxyl groups excluding tert-OH is 1. The lowest BCUT2D eigenvalue weighted by Crippen LogP contribution is -2.24. The van der Waals surface area contributed by atoms with E-state index in [-0.39, 0.29) is 6.10 Å². The van der Waals surface area contributed by atoms with Crippen molar-refractivity contribution in [2.24, 2.45) is 5.92 Å². The summed E-state index contributed by atoms with van der Waals surface area (Å²) < 4.78 is 1.10. The summed E-state index contributed by atoms with van der Waals surface area (Å²) in [5.74, 6) is 0.521. The van der Waals surface area contributed by atoms with Crippen LogP contribution in [0.5, 0.6) is 0 Å². The zero-order chi connectivity index (χ0) is 11.4. The average Bonchev–Trinajstić information content (AvgIpc) is 2.30. The molecule has 88 valence electrons. The van der Waals surface area contributed by atoms with Gasteiger partial charge in [-0.25, -0.2) is 0 Å². The van der Waals surface area contributed by atoms with Gasteiger partial charge in [0, 0.05) is 4.47 Å². The molecule has 2 heteroatoms. The van der Waals surface area contributed by atoms with Crippen LogP contribution >= 0.6 is 15.9 Å². The van der Waals surface area contributed by atoms with Crippen LogP contribution in [0.2, 0.25) is 0 Å². The summed E-state index contributed by atoms with van der Waals surface area (Å²) in [6.07, 6.45) is 6.98. The molecule has 0 amide bonds. The van der Waals surface area contributed by atoms with Gasteiger partial charge in [0.25, 0.3) is 0 Å². The summed E-state index contributed by atoms with van der Waals surface area (Å²) in [6.45, 7) is 0. The largest absolute Gasteiger partial charge is 0.392 e. The van der Waals surface area contributed by atoms with E-state index in [0.717, 1.165) is 10.9 Å². The van der Waals surface area contributed by atoms with E-state index < -0.39 is 0 Å². The third-order valence-electron chi connectivity index (χ3n) is 3.53. The minimum absolute atomic E-state index is 0.158. The second kappa shape index (κ2) is 5.83. The van der Waals surface area contributed by atoms with Gasteiger partial charge in [-0.15, -0.1) is 0 Å². The Morgan fingerprint density at radius 1 is 1.25 bits per heavy atom. The van der Waals surface area contributed by atoms with Crippen molar-refractivity contribution in [3.8, 4) is 0 Å². The van der Waals surface area contributed by atoms with Crippen molar-refractivity contribution in [3.63, 3.8) is 0 Å². The fourth-order valence-electron chi connectivity index (χ4n) is 2.59. The van der Waals surface area contributed by atoms with E-state index in [1.807, 2.05) is 12.1 Å². The molecule has 16 heavy (non-hydrogen) atoms. The molecule has 1 atom stereocenters. The van der Waals surface area contributed by atoms with Crippen molar-refractivity contribution >= 4 is 15.9 Å². The Hall–Kier alpha value is -0.340. The Morgan fingerprint density at radius 3 is 2.69 bits per heavy atom. The summed E-state index contributed by atoms with van der Waals surface area (Å²) in [5.41, 5.74) is 1.23. The number of benzene rings is 1. The highest BCUT2D eigenvalue weighted by molar-refractivity contribution is 9.10. The minimum Gasteiger partial charge on any atom is -0.392 e. The smallest absolute Gasteiger partial charge is 0.0608 e. The molecule has 1 aliphatic rings. The maximum atomic E-state index is 10.2. The van der Waals surface area contributed by atoms with Crippen molar-refractivity contribution < 1.29 is 5.11 Å². The molecular weight excluding hydrogens is 264 g/mol. The lowest BCUT2D eigenvalue weighted by molar-refractivity contribution is 0.0851. The van der Waals surface area contributed by atoms with Crippen molar-refractivity contribution in [1.82, 2.24) is 0 Å². The summed E-state index contributed by atoms with van der Waals surface area (Å²) >= 11 is 3.47. The minimum atomic E-state index is -0.158. The first-order valence-electron chi connectivity index (χ1n) is 6.18. The predicted octanol–water partition coefficient (Wildman–Crippen LogP) is 3.93. The third-order valence-corrected chi connectivity index (χ3v) is 4.02. The third kappa shape index (κ3) is 3.33. The van der Waals surface area contributed by atoms with Crippen molar-refractivity contribution in [3.05, 3.63) is 34.3 Å². The van der Waals surface area contributed by atoms with Gasteiger partial charge in [0.05, 0.1) is 6.10 Å². The number of hydrogen-bond acceptors (Lipinski definition) is 1. The topological polar surface area (TPSA) is 20.2 Å². The van der Waals surface area contributed by atoms with Crippen LogP contribution in [0.4, 0.5) is 0 Å². The van der Waals surface area contributed by atoms with E-state index >= 15 is 0 Å². The first kappa shape index (κ1) is 12.1. The van der Waals surface area contributed by atoms with E-state index in [0.29, 0.717) is 5.92 Å². The Balaban J connectivity index is 1.93. The zero-order valence-electron chi connectivity index (χ0n) is 9.53. The highest BCUT2D eigenvalue weighted by Gasteiger charge is 2.21. The summed E-state index contributed by atoms with van der Waals surface area (Å²) in [4.78, 5) is 0. The number of rotatable bonds is 3. The molecule has 0 bridgehead atoms. The summed E-state index contributed by atoms with van der Waals surface area (Å²) in [6, 6.07) is 8.26. The van der Waals surface area contributed by atoms with Gasteiger partial charge in [0.2, 0.25) is 0 Å². The van der Waals surface area contributed by atoms with Crippen molar-refractivity contribution in [2.45, 2.75) is 44.6 Å². The molecule has 0 spiro atoms. The van der Waals surface area contributed by atoms with Crippen LogP contribution in [-0.4, -0.2) is 11.2 Å². The van der Waals surface area contributed by atoms with Crippen LogP contribution in [-0.2, 0) is 6.42 Å². The van der Waals surface area contributed by atoms with Gasteiger partial charge < -0.3 is 5.11 Å². The van der Waals surface area contributed by atoms with Gasteiger partial charge in [-0.05, 0) is 42.9 Å². The number of aliphatic hydroxyl groups is 1. The van der Waals surface area contributed by atoms with E-state index in [1.54, 1.807) is 0 Å². The highest BCUT2D eigenvalue weighted by Crippen LogP contribution is 2.28. The quantitative estimate of drug-likeness (QED) is 0.891. The monoisotopic (exact) mass is 282 g/mol. The average molecular weight is 283 g/mol. The first-order valence-corrected chi connectivity index (χ1v) is 6.97. The molecule has 1 nitrogen and oxygen atoms in total. The molecule has 1 saturated carbocycles. The van der Waals surface area contributed by atoms with Gasteiger partial charge in [-0.2, -0.15) is 0 Å². The van der Waals surface area contributed by atoms with Crippen LogP contribution < -0.4 is 0 Å². The van der Waals surface area contributed by atoms with Crippen LogP contribution in [0.1, 0.15) is 37.7 Å². The fourth-order valence-corrected chi connectivity index (χ4v) is 3.04. The Bertz CT molecular complexity index is 331. The SMILES string of the molecule is OC(Cc1cccc(Br)c1)C1CCCCC1. The van der Waals surface area contributed by atoms with Gasteiger partial charge in [0.15, 0.2) is 0 Å². The van der Waals surface area contributed by atoms with E-state index in [2.05, 4.69) is 28.1 Å². The van der Waals surface area contributed by atoms with Gasteiger partial charge in [-0.1, -0.05) is 47.3 Å². The molecule has 1 unspecified atom stereocenters. The summed E-state index contributed by atoms with van der Waals surface area (Å²) in [5, 5.41) is 10.2. The molecule has 0 aromatic heterocycles. The second-order valence-corrected chi connectivity index (χ2v) is 5.72. The highest BCUT2D eigenvalue weighted by atomic mass is 79.9. The lowest BCUT2D eigenvalue weighted by Gasteiger charge is -2.26. The molecule has 1 aromatic carbocycles. The molecule has 1 fully saturated rings. The fraction of sp³-hybridized carbons (Fsp3) is 0.571. The summed E-state index contributed by atoms with van der Waals surface area (Å²) in [7, 11) is 0. The number of hydrogen-bond donors (Lipinski definition) is 1. The van der Waals surface area contributed by atoms with Gasteiger partial charge in [0.1, 0.15) is 0 Å². The second-order valence-electron chi connectivity index (χ2n) is 4.80. The van der Waals surface area contributed by atoms with Gasteiger partial charge in [-0.3, -0.25) is 0 Å². The maximum Gasteiger partial charge on any atom is 0.0608 e. The molecule has 1 N–H and O–H groups in total. The van der Waals surface area contributed by atoms with E-state index in [1.165, 1.54) is 37.7 Å². The molecular formula is C14H19BrO.